The van der Waals surface area contributed by atoms with Crippen LogP contribution in [0, 0.1) is 34.9 Å². The second-order valence-corrected chi connectivity index (χ2v) is 5.92. The number of hydrogen-bond donors (Lipinski definition) is 2. The largest absolute Gasteiger partial charge is 0.379 e. The van der Waals surface area contributed by atoms with Gasteiger partial charge in [-0.3, -0.25) is 0 Å². The van der Waals surface area contributed by atoms with Crippen molar-refractivity contribution in [2.75, 3.05) is 6.54 Å². The lowest BCUT2D eigenvalue weighted by atomic mass is 9.79. The monoisotopic (exact) mass is 361 g/mol. The maximum Gasteiger partial charge on any atom is 0.194 e. The van der Waals surface area contributed by atoms with Gasteiger partial charge in [0, 0.05) is 6.04 Å². The minimum atomic E-state index is -2.29. The fourth-order valence-corrected chi connectivity index (χ4v) is 3.16. The van der Waals surface area contributed by atoms with Crippen molar-refractivity contribution in [3.05, 3.63) is 70.3 Å². The van der Waals surface area contributed by atoms with Crippen LogP contribution < -0.4 is 5.32 Å². The van der Waals surface area contributed by atoms with Crippen LogP contribution in [-0.4, -0.2) is 17.7 Å². The molecule has 134 valence electrons. The van der Waals surface area contributed by atoms with Gasteiger partial charge in [0.1, 0.15) is 5.60 Å². The predicted octanol–water partition coefficient (Wildman–Crippen LogP) is 3.51. The molecule has 3 rings (SSSR count). The van der Waals surface area contributed by atoms with Crippen LogP contribution in [-0.2, 0) is 5.60 Å². The standard InChI is InChI=1S/C17H13F6NO/c18-10-4-8(5-11(19)15(10)22)17(25,14-2-1-3-24-14)9-6-12(20)16(23)13(21)7-9/h4-7,14,24-25H,1-3H2. The predicted molar refractivity (Wildman–Crippen MR) is 76.7 cm³/mol. The Balaban J connectivity index is 2.24. The Morgan fingerprint density at radius 2 is 1.20 bits per heavy atom. The highest BCUT2D eigenvalue weighted by Crippen LogP contribution is 2.38. The lowest BCUT2D eigenvalue weighted by Crippen LogP contribution is -2.46. The van der Waals surface area contributed by atoms with Gasteiger partial charge in [-0.2, -0.15) is 0 Å². The summed E-state index contributed by atoms with van der Waals surface area (Å²) in [6, 6.07) is 1.35. The van der Waals surface area contributed by atoms with E-state index in [1.807, 2.05) is 0 Å². The second kappa shape index (κ2) is 6.34. The molecule has 1 unspecified atom stereocenters. The average molecular weight is 361 g/mol. The third-order valence-corrected chi connectivity index (χ3v) is 4.41. The molecule has 1 atom stereocenters. The van der Waals surface area contributed by atoms with E-state index in [4.69, 9.17) is 0 Å². The Bertz CT molecular complexity index is 715. The summed E-state index contributed by atoms with van der Waals surface area (Å²) in [4.78, 5) is 0. The fourth-order valence-electron chi connectivity index (χ4n) is 3.16. The first kappa shape index (κ1) is 17.8. The van der Waals surface area contributed by atoms with Crippen LogP contribution in [0.2, 0.25) is 0 Å². The van der Waals surface area contributed by atoms with Crippen LogP contribution >= 0.6 is 0 Å². The maximum absolute atomic E-state index is 13.6. The Morgan fingerprint density at radius 1 is 0.800 bits per heavy atom. The molecule has 1 aliphatic heterocycles. The molecule has 25 heavy (non-hydrogen) atoms. The Kier molecular flexibility index (Phi) is 4.51. The molecule has 1 aliphatic rings. The molecule has 0 saturated carbocycles. The fraction of sp³-hybridized carbons (Fsp3) is 0.294. The van der Waals surface area contributed by atoms with E-state index in [0.717, 1.165) is 0 Å². The van der Waals surface area contributed by atoms with Crippen molar-refractivity contribution >= 4 is 0 Å². The molecule has 2 N–H and O–H groups in total. The number of rotatable bonds is 3. The summed E-state index contributed by atoms with van der Waals surface area (Å²) in [7, 11) is 0. The summed E-state index contributed by atoms with van der Waals surface area (Å²) in [6.45, 7) is 0.450. The molecule has 0 spiro atoms. The minimum Gasteiger partial charge on any atom is -0.379 e. The molecule has 0 radical (unpaired) electrons. The molecule has 0 bridgehead atoms. The SMILES string of the molecule is OC(c1cc(F)c(F)c(F)c1)(c1cc(F)c(F)c(F)c1)C1CCCN1. The zero-order valence-electron chi connectivity index (χ0n) is 12.7. The molecule has 1 heterocycles. The lowest BCUT2D eigenvalue weighted by molar-refractivity contribution is 0.0426. The van der Waals surface area contributed by atoms with Gasteiger partial charge in [-0.1, -0.05) is 0 Å². The topological polar surface area (TPSA) is 32.3 Å². The van der Waals surface area contributed by atoms with E-state index in [9.17, 15) is 31.4 Å². The van der Waals surface area contributed by atoms with E-state index >= 15 is 0 Å². The van der Waals surface area contributed by atoms with Crippen molar-refractivity contribution in [1.29, 1.82) is 0 Å². The van der Waals surface area contributed by atoms with E-state index in [2.05, 4.69) is 5.32 Å². The highest BCUT2D eigenvalue weighted by molar-refractivity contribution is 5.40. The highest BCUT2D eigenvalue weighted by Gasteiger charge is 2.43. The lowest BCUT2D eigenvalue weighted by Gasteiger charge is -2.35. The van der Waals surface area contributed by atoms with Crippen molar-refractivity contribution in [2.24, 2.45) is 0 Å². The highest BCUT2D eigenvalue weighted by atomic mass is 19.2. The Morgan fingerprint density at radius 3 is 1.52 bits per heavy atom. The summed E-state index contributed by atoms with van der Waals surface area (Å²) in [5, 5.41) is 14.0. The van der Waals surface area contributed by atoms with Crippen LogP contribution in [0.25, 0.3) is 0 Å². The first-order chi connectivity index (χ1) is 11.7. The zero-order valence-corrected chi connectivity index (χ0v) is 12.7. The van der Waals surface area contributed by atoms with E-state index in [0.29, 0.717) is 43.7 Å². The summed E-state index contributed by atoms with van der Waals surface area (Å²) >= 11 is 0. The van der Waals surface area contributed by atoms with Crippen molar-refractivity contribution in [1.82, 2.24) is 5.32 Å². The zero-order chi connectivity index (χ0) is 18.4. The van der Waals surface area contributed by atoms with Gasteiger partial charge in [-0.25, -0.2) is 26.3 Å². The van der Waals surface area contributed by atoms with Crippen LogP contribution in [0.5, 0.6) is 0 Å². The minimum absolute atomic E-state index is 0.317. The number of halogens is 6. The van der Waals surface area contributed by atoms with E-state index < -0.39 is 57.7 Å². The van der Waals surface area contributed by atoms with Crippen LogP contribution in [0.3, 0.4) is 0 Å². The molecule has 1 saturated heterocycles. The van der Waals surface area contributed by atoms with Gasteiger partial charge in [0.25, 0.3) is 0 Å². The molecule has 8 heteroatoms. The summed E-state index contributed by atoms with van der Waals surface area (Å²) in [5.41, 5.74) is -3.16. The van der Waals surface area contributed by atoms with Crippen LogP contribution in [0.4, 0.5) is 26.3 Å². The molecule has 2 nitrogen and oxygen atoms in total. The molecule has 0 aromatic heterocycles. The van der Waals surface area contributed by atoms with E-state index in [1.54, 1.807) is 0 Å². The first-order valence-electron chi connectivity index (χ1n) is 7.51. The van der Waals surface area contributed by atoms with Gasteiger partial charge >= 0.3 is 0 Å². The van der Waals surface area contributed by atoms with Crippen molar-refractivity contribution in [3.63, 3.8) is 0 Å². The van der Waals surface area contributed by atoms with Crippen molar-refractivity contribution < 1.29 is 31.4 Å². The molecule has 1 fully saturated rings. The normalized spacial score (nSPS) is 18.0. The molecule has 0 amide bonds. The van der Waals surface area contributed by atoms with Gasteiger partial charge in [-0.15, -0.1) is 0 Å². The Hall–Kier alpha value is -2.06. The maximum atomic E-state index is 13.6. The third-order valence-electron chi connectivity index (χ3n) is 4.41. The smallest absolute Gasteiger partial charge is 0.194 e. The van der Waals surface area contributed by atoms with Crippen LogP contribution in [0.1, 0.15) is 24.0 Å². The van der Waals surface area contributed by atoms with Crippen molar-refractivity contribution in [3.8, 4) is 0 Å². The number of aliphatic hydroxyl groups is 1. The van der Waals surface area contributed by atoms with Gasteiger partial charge in [0.2, 0.25) is 0 Å². The third kappa shape index (κ3) is 2.89. The summed E-state index contributed by atoms with van der Waals surface area (Å²) in [6.07, 6.45) is 0.906. The Labute approximate surface area is 139 Å². The van der Waals surface area contributed by atoms with Gasteiger partial charge in [-0.05, 0) is 54.8 Å². The quantitative estimate of drug-likeness (QED) is 0.648. The number of benzene rings is 2. The summed E-state index contributed by atoms with van der Waals surface area (Å²) < 4.78 is 81.1. The molecular formula is C17H13F6NO. The second-order valence-electron chi connectivity index (χ2n) is 5.92. The molecule has 2 aromatic carbocycles. The molecular weight excluding hydrogens is 348 g/mol. The van der Waals surface area contributed by atoms with E-state index in [-0.39, 0.29) is 0 Å². The van der Waals surface area contributed by atoms with Gasteiger partial charge in [0.05, 0.1) is 0 Å². The first-order valence-corrected chi connectivity index (χ1v) is 7.51. The van der Waals surface area contributed by atoms with Gasteiger partial charge in [0.15, 0.2) is 34.9 Å². The number of hydrogen-bond acceptors (Lipinski definition) is 2. The van der Waals surface area contributed by atoms with Crippen molar-refractivity contribution in [2.45, 2.75) is 24.5 Å². The van der Waals surface area contributed by atoms with Gasteiger partial charge < -0.3 is 10.4 Å². The molecule has 2 aromatic rings. The van der Waals surface area contributed by atoms with E-state index in [1.165, 1.54) is 0 Å². The number of nitrogens with one attached hydrogen (secondary N) is 1. The van der Waals surface area contributed by atoms with Crippen LogP contribution in [0.15, 0.2) is 24.3 Å². The average Bonchev–Trinajstić information content (AvgIpc) is 3.10. The molecule has 0 aliphatic carbocycles. The summed E-state index contributed by atoms with van der Waals surface area (Å²) in [5.74, 6) is -9.71.